The van der Waals surface area contributed by atoms with Crippen LogP contribution in [0.5, 0.6) is 23.0 Å². The minimum absolute atomic E-state index is 0.0448. The van der Waals surface area contributed by atoms with Crippen LogP contribution in [0.15, 0.2) is 90.3 Å². The van der Waals surface area contributed by atoms with Gasteiger partial charge in [0.2, 0.25) is 5.88 Å². The van der Waals surface area contributed by atoms with E-state index in [-0.39, 0.29) is 22.1 Å². The van der Waals surface area contributed by atoms with Gasteiger partial charge in [-0.2, -0.15) is 5.26 Å². The van der Waals surface area contributed by atoms with Gasteiger partial charge in [0, 0.05) is 26.7 Å². The topological polar surface area (TPSA) is 104 Å². The van der Waals surface area contributed by atoms with Gasteiger partial charge in [-0.05, 0) is 48.4 Å². The summed E-state index contributed by atoms with van der Waals surface area (Å²) >= 11 is 13.8. The molecule has 1 unspecified atom stereocenters. The highest BCUT2D eigenvalue weighted by molar-refractivity contribution is 7.21. The van der Waals surface area contributed by atoms with Crippen LogP contribution in [0.4, 0.5) is 0 Å². The second-order valence-electron chi connectivity index (χ2n) is 10.1. The second-order valence-corrected chi connectivity index (χ2v) is 12.0. The van der Waals surface area contributed by atoms with Gasteiger partial charge in [0.1, 0.15) is 34.6 Å². The number of carbonyl (C=O) groups excluding carboxylic acids is 1. The maximum atomic E-state index is 13.1. The lowest BCUT2D eigenvalue weighted by molar-refractivity contribution is 0.0740. The molecule has 0 radical (unpaired) electrons. The van der Waals surface area contributed by atoms with Gasteiger partial charge in [0.05, 0.1) is 18.1 Å². The highest BCUT2D eigenvalue weighted by Crippen LogP contribution is 2.45. The molecule has 2 N–H and O–H groups in total. The van der Waals surface area contributed by atoms with Crippen LogP contribution in [-0.4, -0.2) is 13.1 Å². The zero-order chi connectivity index (χ0) is 31.0. The number of halogens is 2. The first-order valence-electron chi connectivity index (χ1n) is 13.4. The predicted octanol–water partition coefficient (Wildman–Crippen LogP) is 8.54. The van der Waals surface area contributed by atoms with Crippen LogP contribution in [0.2, 0.25) is 10.0 Å². The van der Waals surface area contributed by atoms with Crippen molar-refractivity contribution in [2.24, 2.45) is 5.73 Å². The number of benzene rings is 4. The Morgan fingerprint density at radius 2 is 1.82 bits per heavy atom. The number of nitrogens with zero attached hydrogens (tertiary/aromatic N) is 1. The van der Waals surface area contributed by atoms with E-state index in [9.17, 15) is 10.1 Å². The van der Waals surface area contributed by atoms with Crippen molar-refractivity contribution in [3.63, 3.8) is 0 Å². The van der Waals surface area contributed by atoms with Crippen molar-refractivity contribution in [3.8, 4) is 29.1 Å². The molecule has 0 aliphatic carbocycles. The molecule has 1 aliphatic heterocycles. The third kappa shape index (κ3) is 5.65. The summed E-state index contributed by atoms with van der Waals surface area (Å²) in [4.78, 5) is 13.3. The van der Waals surface area contributed by atoms with Gasteiger partial charge in [0.15, 0.2) is 11.5 Å². The SMILES string of the molecule is COc1cc(C2C(C#N)=C(N)Oc3cc(OC(=O)c4sc5cc(Cl)ccc5c4Cl)ccc32)ccc1OCc1ccc(C)cc1. The largest absolute Gasteiger partial charge is 0.493 e. The van der Waals surface area contributed by atoms with E-state index < -0.39 is 11.9 Å². The van der Waals surface area contributed by atoms with E-state index in [1.165, 1.54) is 16.9 Å². The van der Waals surface area contributed by atoms with E-state index in [2.05, 4.69) is 6.07 Å². The number of hydrogen-bond donors (Lipinski definition) is 1. The van der Waals surface area contributed by atoms with E-state index in [1.807, 2.05) is 43.3 Å². The van der Waals surface area contributed by atoms with E-state index >= 15 is 0 Å². The van der Waals surface area contributed by atoms with Gasteiger partial charge in [0.25, 0.3) is 0 Å². The molecule has 7 nitrogen and oxygen atoms in total. The zero-order valence-electron chi connectivity index (χ0n) is 23.5. The van der Waals surface area contributed by atoms with Crippen LogP contribution in [0.1, 0.15) is 37.8 Å². The second kappa shape index (κ2) is 12.1. The van der Waals surface area contributed by atoms with Gasteiger partial charge in [-0.3, -0.25) is 0 Å². The fraction of sp³-hybridized carbons (Fsp3) is 0.118. The molecule has 0 bridgehead atoms. The van der Waals surface area contributed by atoms with Crippen LogP contribution in [0, 0.1) is 18.3 Å². The summed E-state index contributed by atoms with van der Waals surface area (Å²) in [6.07, 6.45) is 0. The Hall–Kier alpha value is -4.68. The van der Waals surface area contributed by atoms with Gasteiger partial charge in [-0.25, -0.2) is 4.79 Å². The summed E-state index contributed by atoms with van der Waals surface area (Å²) < 4.78 is 24.0. The fourth-order valence-corrected chi connectivity index (χ4v) is 6.66. The number of methoxy groups -OCH3 is 1. The van der Waals surface area contributed by atoms with Crippen molar-refractivity contribution in [2.75, 3.05) is 7.11 Å². The van der Waals surface area contributed by atoms with Gasteiger partial charge < -0.3 is 24.7 Å². The molecule has 0 amide bonds. The van der Waals surface area contributed by atoms with E-state index in [4.69, 9.17) is 47.9 Å². The lowest BCUT2D eigenvalue weighted by atomic mass is 9.83. The molecule has 1 atom stereocenters. The summed E-state index contributed by atoms with van der Waals surface area (Å²) in [5, 5.41) is 11.6. The third-order valence-electron chi connectivity index (χ3n) is 7.21. The molecule has 0 saturated heterocycles. The minimum atomic E-state index is -0.619. The molecule has 220 valence electrons. The lowest BCUT2D eigenvalue weighted by Crippen LogP contribution is -2.21. The van der Waals surface area contributed by atoms with Crippen LogP contribution in [0.25, 0.3) is 10.1 Å². The zero-order valence-corrected chi connectivity index (χ0v) is 25.8. The normalized spacial score (nSPS) is 14.0. The van der Waals surface area contributed by atoms with E-state index in [1.54, 1.807) is 49.6 Å². The first-order chi connectivity index (χ1) is 21.2. The van der Waals surface area contributed by atoms with Crippen molar-refractivity contribution < 1.29 is 23.7 Å². The van der Waals surface area contributed by atoms with E-state index in [0.717, 1.165) is 15.8 Å². The molecule has 10 heteroatoms. The molecular formula is C34H24Cl2N2O5S. The average molecular weight is 644 g/mol. The van der Waals surface area contributed by atoms with Crippen molar-refractivity contribution in [1.82, 2.24) is 0 Å². The molecular weight excluding hydrogens is 619 g/mol. The maximum absolute atomic E-state index is 13.1. The molecule has 1 aromatic heterocycles. The van der Waals surface area contributed by atoms with Gasteiger partial charge in [-0.1, -0.05) is 71.2 Å². The van der Waals surface area contributed by atoms with Crippen LogP contribution in [0.3, 0.4) is 0 Å². The molecule has 0 fully saturated rings. The minimum Gasteiger partial charge on any atom is -0.493 e. The highest BCUT2D eigenvalue weighted by Gasteiger charge is 2.32. The number of carbonyl (C=O) groups is 1. The third-order valence-corrected chi connectivity index (χ3v) is 9.09. The Balaban J connectivity index is 1.28. The number of nitriles is 1. The first-order valence-corrected chi connectivity index (χ1v) is 15.0. The number of esters is 1. The molecule has 1 aliphatic rings. The van der Waals surface area contributed by atoms with Crippen molar-refractivity contribution in [2.45, 2.75) is 19.4 Å². The van der Waals surface area contributed by atoms with E-state index in [0.29, 0.717) is 44.9 Å². The summed E-state index contributed by atoms with van der Waals surface area (Å²) in [7, 11) is 1.56. The summed E-state index contributed by atoms with van der Waals surface area (Å²) in [5.41, 5.74) is 10.1. The molecule has 6 rings (SSSR count). The first kappa shape index (κ1) is 29.4. The standard InChI is InChI=1S/C34H24Cl2N2O5S/c1-18-3-5-19(6-4-18)17-41-26-12-7-20(13-28(26)40-2)30-23-11-9-22(15-27(23)43-33(38)25(30)16-37)42-34(39)32-31(36)24-10-8-21(35)14-29(24)44-32/h3-15,30H,17,38H2,1-2H3. The molecule has 0 spiro atoms. The van der Waals surface area contributed by atoms with Crippen LogP contribution >= 0.6 is 34.5 Å². The number of fused-ring (bicyclic) bond motifs is 2. The molecule has 4 aromatic carbocycles. The smallest absolute Gasteiger partial charge is 0.355 e. The quantitative estimate of drug-likeness (QED) is 0.140. The van der Waals surface area contributed by atoms with Crippen molar-refractivity contribution in [1.29, 1.82) is 5.26 Å². The van der Waals surface area contributed by atoms with Crippen molar-refractivity contribution in [3.05, 3.63) is 127 Å². The number of thiophene rings is 1. The Morgan fingerprint density at radius 1 is 1.02 bits per heavy atom. The monoisotopic (exact) mass is 642 g/mol. The Kier molecular flexibility index (Phi) is 8.11. The summed E-state index contributed by atoms with van der Waals surface area (Å²) in [6, 6.07) is 25.9. The Labute approximate surface area is 267 Å². The molecule has 5 aromatic rings. The number of hydrogen-bond acceptors (Lipinski definition) is 8. The summed E-state index contributed by atoms with van der Waals surface area (Å²) in [5.74, 6) is 0.419. The summed E-state index contributed by atoms with van der Waals surface area (Å²) in [6.45, 7) is 2.40. The van der Waals surface area contributed by atoms with Crippen LogP contribution < -0.4 is 24.7 Å². The number of aryl methyl sites for hydroxylation is 1. The average Bonchev–Trinajstić information content (AvgIpc) is 3.35. The Morgan fingerprint density at radius 3 is 2.57 bits per heavy atom. The fourth-order valence-electron chi connectivity index (χ4n) is 4.99. The van der Waals surface area contributed by atoms with Gasteiger partial charge in [-0.15, -0.1) is 11.3 Å². The Bertz CT molecular complexity index is 2000. The van der Waals surface area contributed by atoms with Crippen molar-refractivity contribution >= 4 is 50.6 Å². The predicted molar refractivity (Wildman–Crippen MR) is 171 cm³/mol. The number of nitrogens with two attached hydrogens (primary N) is 1. The highest BCUT2D eigenvalue weighted by atomic mass is 35.5. The number of ether oxygens (including phenoxy) is 4. The molecule has 0 saturated carbocycles. The molecule has 2 heterocycles. The number of rotatable bonds is 7. The number of allylic oxidation sites excluding steroid dienone is 1. The lowest BCUT2D eigenvalue weighted by Gasteiger charge is -2.27. The van der Waals surface area contributed by atoms with Crippen LogP contribution in [-0.2, 0) is 6.61 Å². The maximum Gasteiger partial charge on any atom is 0.355 e. The molecule has 44 heavy (non-hydrogen) atoms. The van der Waals surface area contributed by atoms with Gasteiger partial charge >= 0.3 is 5.97 Å².